The molecule has 1 saturated heterocycles. The fraction of sp³-hybridized carbons (Fsp3) is 0.929. The Labute approximate surface area is 111 Å². The van der Waals surface area contributed by atoms with Crippen molar-refractivity contribution in [2.45, 2.75) is 52.1 Å². The van der Waals surface area contributed by atoms with Crippen molar-refractivity contribution in [3.05, 3.63) is 0 Å². The topological polar surface area (TPSA) is 41.6 Å². The molecule has 1 rings (SSSR count). The van der Waals surface area contributed by atoms with Crippen molar-refractivity contribution < 1.29 is 9.53 Å². The van der Waals surface area contributed by atoms with Gasteiger partial charge in [-0.3, -0.25) is 4.79 Å². The molecule has 1 atom stereocenters. The van der Waals surface area contributed by atoms with Crippen molar-refractivity contribution in [1.29, 1.82) is 0 Å². The van der Waals surface area contributed by atoms with Crippen LogP contribution in [0.4, 0.5) is 0 Å². The molecule has 1 N–H and O–H groups in total. The molecule has 18 heavy (non-hydrogen) atoms. The Bertz CT molecular complexity index is 248. The summed E-state index contributed by atoms with van der Waals surface area (Å²) in [7, 11) is 1.46. The van der Waals surface area contributed by atoms with E-state index < -0.39 is 0 Å². The predicted octanol–water partition coefficient (Wildman–Crippen LogP) is 1.65. The molecule has 1 heterocycles. The van der Waals surface area contributed by atoms with E-state index in [1.807, 2.05) is 0 Å². The lowest BCUT2D eigenvalue weighted by Crippen LogP contribution is -2.51. The zero-order valence-electron chi connectivity index (χ0n) is 12.2. The van der Waals surface area contributed by atoms with Crippen LogP contribution in [0.1, 0.15) is 40.0 Å². The number of carbonyl (C=O) groups excluding carboxylic acids is 1. The third-order valence-corrected chi connectivity index (χ3v) is 3.66. The van der Waals surface area contributed by atoms with Gasteiger partial charge in [-0.15, -0.1) is 0 Å². The highest BCUT2D eigenvalue weighted by atomic mass is 16.5. The van der Waals surface area contributed by atoms with Crippen LogP contribution in [0.25, 0.3) is 0 Å². The molecule has 1 aliphatic rings. The summed E-state index contributed by atoms with van der Waals surface area (Å²) >= 11 is 0. The fourth-order valence-corrected chi connectivity index (χ4v) is 2.55. The van der Waals surface area contributed by atoms with E-state index in [1.165, 1.54) is 20.1 Å². The van der Waals surface area contributed by atoms with Crippen LogP contribution in [-0.4, -0.2) is 49.7 Å². The van der Waals surface area contributed by atoms with E-state index in [4.69, 9.17) is 4.74 Å². The average molecular weight is 256 g/mol. The zero-order chi connectivity index (χ0) is 13.5. The van der Waals surface area contributed by atoms with Crippen LogP contribution in [0.15, 0.2) is 0 Å². The molecule has 0 aromatic heterocycles. The Morgan fingerprint density at radius 1 is 1.39 bits per heavy atom. The highest BCUT2D eigenvalue weighted by Crippen LogP contribution is 2.14. The monoisotopic (exact) mass is 256 g/mol. The van der Waals surface area contributed by atoms with Gasteiger partial charge in [-0.1, -0.05) is 20.8 Å². The van der Waals surface area contributed by atoms with Gasteiger partial charge in [0.05, 0.1) is 7.11 Å². The molecule has 0 bridgehead atoms. The maximum Gasteiger partial charge on any atom is 0.323 e. The Hall–Kier alpha value is -0.610. The lowest BCUT2D eigenvalue weighted by molar-refractivity contribution is -0.144. The third-order valence-electron chi connectivity index (χ3n) is 3.66. The molecule has 4 nitrogen and oxygen atoms in total. The van der Waals surface area contributed by atoms with Gasteiger partial charge in [0.15, 0.2) is 0 Å². The Morgan fingerprint density at radius 2 is 2.00 bits per heavy atom. The second-order valence-electron chi connectivity index (χ2n) is 5.53. The third kappa shape index (κ3) is 4.58. The van der Waals surface area contributed by atoms with E-state index in [2.05, 4.69) is 31.0 Å². The largest absolute Gasteiger partial charge is 0.468 e. The molecule has 0 unspecified atom stereocenters. The minimum Gasteiger partial charge on any atom is -0.468 e. The van der Waals surface area contributed by atoms with Crippen molar-refractivity contribution in [2.75, 3.05) is 26.7 Å². The number of hydrogen-bond acceptors (Lipinski definition) is 4. The summed E-state index contributed by atoms with van der Waals surface area (Å²) in [5.74, 6) is 0.132. The van der Waals surface area contributed by atoms with Gasteiger partial charge in [-0.2, -0.15) is 0 Å². The Morgan fingerprint density at radius 3 is 2.44 bits per heavy atom. The number of nitrogens with zero attached hydrogens (tertiary/aromatic N) is 1. The first kappa shape index (κ1) is 15.4. The van der Waals surface area contributed by atoms with Crippen molar-refractivity contribution >= 4 is 5.97 Å². The first-order chi connectivity index (χ1) is 8.58. The molecule has 0 aromatic rings. The molecule has 1 fully saturated rings. The molecule has 0 saturated carbocycles. The smallest absolute Gasteiger partial charge is 0.323 e. The van der Waals surface area contributed by atoms with Crippen molar-refractivity contribution in [3.8, 4) is 0 Å². The summed E-state index contributed by atoms with van der Waals surface area (Å²) in [5.41, 5.74) is 0. The number of esters is 1. The van der Waals surface area contributed by atoms with Gasteiger partial charge in [-0.25, -0.2) is 0 Å². The summed E-state index contributed by atoms with van der Waals surface area (Å²) in [4.78, 5) is 14.2. The predicted molar refractivity (Wildman–Crippen MR) is 73.5 cm³/mol. The van der Waals surface area contributed by atoms with E-state index in [1.54, 1.807) is 0 Å². The number of ether oxygens (including phenoxy) is 1. The minimum atomic E-state index is -0.169. The number of methoxy groups -OCH3 is 1. The van der Waals surface area contributed by atoms with Crippen LogP contribution < -0.4 is 5.32 Å². The van der Waals surface area contributed by atoms with Crippen LogP contribution in [-0.2, 0) is 9.53 Å². The molecule has 0 aromatic carbocycles. The highest BCUT2D eigenvalue weighted by Gasteiger charge is 2.27. The van der Waals surface area contributed by atoms with Gasteiger partial charge < -0.3 is 15.0 Å². The van der Waals surface area contributed by atoms with E-state index in [0.29, 0.717) is 6.04 Å². The maximum atomic E-state index is 11.7. The van der Waals surface area contributed by atoms with Crippen LogP contribution in [0, 0.1) is 5.92 Å². The van der Waals surface area contributed by atoms with Gasteiger partial charge in [-0.05, 0) is 44.8 Å². The van der Waals surface area contributed by atoms with E-state index in [-0.39, 0.29) is 17.9 Å². The quantitative estimate of drug-likeness (QED) is 0.734. The van der Waals surface area contributed by atoms with Crippen LogP contribution >= 0.6 is 0 Å². The molecular weight excluding hydrogens is 228 g/mol. The summed E-state index contributed by atoms with van der Waals surface area (Å²) < 4.78 is 4.86. The van der Waals surface area contributed by atoms with Gasteiger partial charge >= 0.3 is 5.97 Å². The molecular formula is C14H28N2O2. The Balaban J connectivity index is 2.40. The number of nitrogens with one attached hydrogen (secondary N) is 1. The second-order valence-corrected chi connectivity index (χ2v) is 5.53. The van der Waals surface area contributed by atoms with E-state index in [0.717, 1.165) is 25.9 Å². The number of rotatable bonds is 6. The minimum absolute atomic E-state index is 0.138. The molecule has 0 amide bonds. The van der Waals surface area contributed by atoms with Gasteiger partial charge in [0, 0.05) is 6.04 Å². The summed E-state index contributed by atoms with van der Waals surface area (Å²) in [6.45, 7) is 9.80. The van der Waals surface area contributed by atoms with Crippen LogP contribution in [0.5, 0.6) is 0 Å². The molecule has 4 heteroatoms. The Kier molecular flexibility index (Phi) is 6.65. The van der Waals surface area contributed by atoms with E-state index >= 15 is 0 Å². The SMILES string of the molecule is CCCN1CCC(N[C@@H](C(=O)OC)C(C)C)CC1. The molecule has 0 spiro atoms. The molecule has 1 aliphatic heterocycles. The van der Waals surface area contributed by atoms with E-state index in [9.17, 15) is 4.79 Å². The lowest BCUT2D eigenvalue weighted by Gasteiger charge is -2.34. The van der Waals surface area contributed by atoms with Crippen molar-refractivity contribution in [1.82, 2.24) is 10.2 Å². The van der Waals surface area contributed by atoms with Gasteiger partial charge in [0.25, 0.3) is 0 Å². The number of hydrogen-bond donors (Lipinski definition) is 1. The highest BCUT2D eigenvalue weighted by molar-refractivity contribution is 5.75. The normalized spacial score (nSPS) is 20.1. The van der Waals surface area contributed by atoms with Crippen LogP contribution in [0.3, 0.4) is 0 Å². The summed E-state index contributed by atoms with van der Waals surface area (Å²) in [6.07, 6.45) is 3.47. The van der Waals surface area contributed by atoms with Crippen molar-refractivity contribution in [3.63, 3.8) is 0 Å². The number of carbonyl (C=O) groups is 1. The lowest BCUT2D eigenvalue weighted by atomic mass is 9.99. The average Bonchev–Trinajstić information content (AvgIpc) is 2.37. The summed E-state index contributed by atoms with van der Waals surface area (Å²) in [6, 6.07) is 0.280. The van der Waals surface area contributed by atoms with Gasteiger partial charge in [0.1, 0.15) is 6.04 Å². The zero-order valence-corrected chi connectivity index (χ0v) is 12.2. The fourth-order valence-electron chi connectivity index (χ4n) is 2.55. The molecule has 0 radical (unpaired) electrons. The summed E-state index contributed by atoms with van der Waals surface area (Å²) in [5, 5.41) is 3.47. The van der Waals surface area contributed by atoms with Gasteiger partial charge in [0.2, 0.25) is 0 Å². The van der Waals surface area contributed by atoms with Crippen molar-refractivity contribution in [2.24, 2.45) is 5.92 Å². The number of likely N-dealkylation sites (tertiary alicyclic amines) is 1. The first-order valence-corrected chi connectivity index (χ1v) is 7.14. The molecule has 106 valence electrons. The molecule has 0 aliphatic carbocycles. The number of piperidine rings is 1. The van der Waals surface area contributed by atoms with Crippen LogP contribution in [0.2, 0.25) is 0 Å². The standard InChI is InChI=1S/C14H28N2O2/c1-5-8-16-9-6-12(7-10-16)15-13(11(2)3)14(17)18-4/h11-13,15H,5-10H2,1-4H3/t13-/m1/s1. The first-order valence-electron chi connectivity index (χ1n) is 7.14. The maximum absolute atomic E-state index is 11.7. The second kappa shape index (κ2) is 7.74.